The first-order valence-corrected chi connectivity index (χ1v) is 4.36. The van der Waals surface area contributed by atoms with Crippen molar-refractivity contribution >= 4 is 12.4 Å². The van der Waals surface area contributed by atoms with Gasteiger partial charge in [0.25, 0.3) is 0 Å². The van der Waals surface area contributed by atoms with E-state index in [1.165, 1.54) is 19.2 Å². The summed E-state index contributed by atoms with van der Waals surface area (Å²) in [6.07, 6.45) is 0.400. The monoisotopic (exact) mass is 235 g/mol. The van der Waals surface area contributed by atoms with E-state index in [0.29, 0.717) is 17.7 Å². The van der Waals surface area contributed by atoms with Gasteiger partial charge in [0, 0.05) is 6.04 Å². The van der Waals surface area contributed by atoms with Crippen LogP contribution >= 0.6 is 12.4 Å². The molecule has 0 aromatic heterocycles. The lowest BCUT2D eigenvalue weighted by molar-refractivity contribution is 0.264. The topological polar surface area (TPSA) is 55.5 Å². The first-order valence-electron chi connectivity index (χ1n) is 4.36. The zero-order valence-corrected chi connectivity index (χ0v) is 9.26. The number of nitrogens with two attached hydrogens (primary N) is 1. The zero-order chi connectivity index (χ0) is 10.6. The van der Waals surface area contributed by atoms with Gasteiger partial charge in [-0.3, -0.25) is 0 Å². The van der Waals surface area contributed by atoms with Crippen molar-refractivity contribution in [2.75, 3.05) is 13.7 Å². The van der Waals surface area contributed by atoms with Crippen LogP contribution in [0.1, 0.15) is 5.56 Å². The second-order valence-corrected chi connectivity index (χ2v) is 3.10. The summed E-state index contributed by atoms with van der Waals surface area (Å²) in [5.74, 6) is 0.265. The maximum absolute atomic E-state index is 12.9. The van der Waals surface area contributed by atoms with E-state index < -0.39 is 0 Å². The van der Waals surface area contributed by atoms with Crippen LogP contribution in [0.2, 0.25) is 0 Å². The van der Waals surface area contributed by atoms with Crippen LogP contribution in [0.4, 0.5) is 4.39 Å². The van der Waals surface area contributed by atoms with E-state index in [-0.39, 0.29) is 30.9 Å². The molecule has 0 saturated carbocycles. The fraction of sp³-hybridized carbons (Fsp3) is 0.400. The molecule has 0 spiro atoms. The minimum atomic E-state index is -0.384. The molecule has 3 nitrogen and oxygen atoms in total. The Balaban J connectivity index is 0.00000196. The Morgan fingerprint density at radius 1 is 1.53 bits per heavy atom. The van der Waals surface area contributed by atoms with Gasteiger partial charge in [0.2, 0.25) is 0 Å². The standard InChI is InChI=1S/C10H14FNO2.ClH/c1-14-10-3-2-8(11)4-7(10)5-9(12)6-13;/h2-4,9,13H,5-6,12H2,1H3;1H. The van der Waals surface area contributed by atoms with Crippen LogP contribution in [0.5, 0.6) is 5.75 Å². The minimum absolute atomic E-state index is 0. The van der Waals surface area contributed by atoms with Crippen LogP contribution in [-0.2, 0) is 6.42 Å². The number of hydrogen-bond donors (Lipinski definition) is 2. The third kappa shape index (κ3) is 4.03. The van der Waals surface area contributed by atoms with E-state index in [0.717, 1.165) is 0 Å². The number of benzene rings is 1. The molecule has 1 rings (SSSR count). The van der Waals surface area contributed by atoms with Gasteiger partial charge < -0.3 is 15.6 Å². The molecule has 1 aromatic rings. The molecule has 1 aromatic carbocycles. The van der Waals surface area contributed by atoms with Crippen LogP contribution in [0, 0.1) is 5.82 Å². The molecule has 0 fully saturated rings. The summed E-state index contributed by atoms with van der Waals surface area (Å²) in [6.45, 7) is -0.125. The first-order chi connectivity index (χ1) is 6.67. The van der Waals surface area contributed by atoms with E-state index in [1.807, 2.05) is 0 Å². The van der Waals surface area contributed by atoms with Gasteiger partial charge in [0.15, 0.2) is 0 Å². The summed E-state index contributed by atoms with van der Waals surface area (Å²) in [7, 11) is 1.52. The average molecular weight is 236 g/mol. The largest absolute Gasteiger partial charge is 0.496 e. The lowest BCUT2D eigenvalue weighted by atomic mass is 10.1. The van der Waals surface area contributed by atoms with E-state index in [4.69, 9.17) is 15.6 Å². The summed E-state index contributed by atoms with van der Waals surface area (Å²) in [5.41, 5.74) is 6.23. The highest BCUT2D eigenvalue weighted by atomic mass is 35.5. The van der Waals surface area contributed by atoms with Crippen molar-refractivity contribution in [3.05, 3.63) is 29.6 Å². The van der Waals surface area contributed by atoms with Crippen LogP contribution in [0.15, 0.2) is 18.2 Å². The number of methoxy groups -OCH3 is 1. The fourth-order valence-corrected chi connectivity index (χ4v) is 1.25. The quantitative estimate of drug-likeness (QED) is 0.822. The fourth-order valence-electron chi connectivity index (χ4n) is 1.25. The van der Waals surface area contributed by atoms with Crippen molar-refractivity contribution in [2.45, 2.75) is 12.5 Å². The molecule has 0 heterocycles. The first kappa shape index (κ1) is 14.2. The third-order valence-corrected chi connectivity index (χ3v) is 1.96. The van der Waals surface area contributed by atoms with Gasteiger partial charge in [-0.15, -0.1) is 12.4 Å². The van der Waals surface area contributed by atoms with Gasteiger partial charge in [-0.05, 0) is 30.2 Å². The SMILES string of the molecule is COc1ccc(F)cc1CC(N)CO.Cl. The van der Waals surface area contributed by atoms with Crippen molar-refractivity contribution in [3.63, 3.8) is 0 Å². The van der Waals surface area contributed by atoms with E-state index in [1.54, 1.807) is 6.07 Å². The Bertz CT molecular complexity index is 309. The molecule has 0 radical (unpaired) electrons. The van der Waals surface area contributed by atoms with Crippen LogP contribution in [0.3, 0.4) is 0 Å². The van der Waals surface area contributed by atoms with Crippen LogP contribution < -0.4 is 10.5 Å². The van der Waals surface area contributed by atoms with Crippen molar-refractivity contribution in [2.24, 2.45) is 5.73 Å². The van der Waals surface area contributed by atoms with Gasteiger partial charge in [0.1, 0.15) is 11.6 Å². The maximum atomic E-state index is 12.9. The van der Waals surface area contributed by atoms with E-state index in [9.17, 15) is 4.39 Å². The molecule has 0 amide bonds. The molecule has 5 heteroatoms. The van der Waals surface area contributed by atoms with Crippen molar-refractivity contribution in [1.29, 1.82) is 0 Å². The number of aliphatic hydroxyl groups excluding tert-OH is 1. The lowest BCUT2D eigenvalue weighted by Crippen LogP contribution is -2.27. The van der Waals surface area contributed by atoms with Crippen LogP contribution in [-0.4, -0.2) is 24.9 Å². The smallest absolute Gasteiger partial charge is 0.123 e. The number of ether oxygens (including phenoxy) is 1. The maximum Gasteiger partial charge on any atom is 0.123 e. The molecule has 1 unspecified atom stereocenters. The number of halogens is 2. The lowest BCUT2D eigenvalue weighted by Gasteiger charge is -2.11. The molecule has 3 N–H and O–H groups in total. The minimum Gasteiger partial charge on any atom is -0.496 e. The summed E-state index contributed by atoms with van der Waals surface area (Å²) < 4.78 is 17.9. The molecule has 0 aliphatic rings. The molecule has 86 valence electrons. The molecule has 1 atom stereocenters. The third-order valence-electron chi connectivity index (χ3n) is 1.96. The van der Waals surface area contributed by atoms with E-state index in [2.05, 4.69) is 0 Å². The Labute approximate surface area is 94.5 Å². The van der Waals surface area contributed by atoms with E-state index >= 15 is 0 Å². The molecule has 0 bridgehead atoms. The normalized spacial score (nSPS) is 11.7. The highest BCUT2D eigenvalue weighted by Gasteiger charge is 2.08. The van der Waals surface area contributed by atoms with Gasteiger partial charge in [-0.2, -0.15) is 0 Å². The summed E-state index contributed by atoms with van der Waals surface area (Å²) in [4.78, 5) is 0. The Kier molecular flexibility index (Phi) is 6.24. The van der Waals surface area contributed by atoms with Gasteiger partial charge in [-0.25, -0.2) is 4.39 Å². The number of hydrogen-bond acceptors (Lipinski definition) is 3. The average Bonchev–Trinajstić information content (AvgIpc) is 2.18. The second kappa shape index (κ2) is 6.61. The molecule has 0 saturated heterocycles. The molecule has 0 aliphatic carbocycles. The zero-order valence-electron chi connectivity index (χ0n) is 8.44. The molecular formula is C10H15ClFNO2. The highest BCUT2D eigenvalue weighted by Crippen LogP contribution is 2.20. The Morgan fingerprint density at radius 3 is 2.73 bits per heavy atom. The molecular weight excluding hydrogens is 221 g/mol. The van der Waals surface area contributed by atoms with Crippen LogP contribution in [0.25, 0.3) is 0 Å². The van der Waals surface area contributed by atoms with Gasteiger partial charge in [0.05, 0.1) is 13.7 Å². The predicted octanol–water partition coefficient (Wildman–Crippen LogP) is 1.12. The molecule has 0 aliphatic heterocycles. The number of aliphatic hydroxyl groups is 1. The highest BCUT2D eigenvalue weighted by molar-refractivity contribution is 5.85. The van der Waals surface area contributed by atoms with Gasteiger partial charge >= 0.3 is 0 Å². The van der Waals surface area contributed by atoms with Gasteiger partial charge in [-0.1, -0.05) is 0 Å². The molecule has 15 heavy (non-hydrogen) atoms. The van der Waals surface area contributed by atoms with Crippen molar-refractivity contribution in [1.82, 2.24) is 0 Å². The van der Waals surface area contributed by atoms with Crippen molar-refractivity contribution < 1.29 is 14.2 Å². The summed E-state index contributed by atoms with van der Waals surface area (Å²) in [5, 5.41) is 8.77. The second-order valence-electron chi connectivity index (χ2n) is 3.10. The predicted molar refractivity (Wildman–Crippen MR) is 59.0 cm³/mol. The summed E-state index contributed by atoms with van der Waals surface area (Å²) in [6, 6.07) is 3.86. The Morgan fingerprint density at radius 2 is 2.20 bits per heavy atom. The Hall–Kier alpha value is -0.840. The summed E-state index contributed by atoms with van der Waals surface area (Å²) >= 11 is 0. The van der Waals surface area contributed by atoms with Crippen molar-refractivity contribution in [3.8, 4) is 5.75 Å². The number of rotatable bonds is 4.